The van der Waals surface area contributed by atoms with Gasteiger partial charge in [-0.15, -0.1) is 0 Å². The average molecular weight is 263 g/mol. The van der Waals surface area contributed by atoms with E-state index in [-0.39, 0.29) is 6.04 Å². The molecule has 0 aromatic rings. The first-order valence-electron chi connectivity index (χ1n) is 6.58. The van der Waals surface area contributed by atoms with E-state index in [2.05, 4.69) is 4.72 Å². The molecule has 0 atom stereocenters. The van der Waals surface area contributed by atoms with E-state index in [4.69, 9.17) is 5.73 Å². The van der Waals surface area contributed by atoms with Crippen molar-refractivity contribution < 1.29 is 8.42 Å². The summed E-state index contributed by atoms with van der Waals surface area (Å²) in [7, 11) is -3.31. The van der Waals surface area contributed by atoms with E-state index in [9.17, 15) is 8.42 Å². The van der Waals surface area contributed by atoms with Crippen LogP contribution >= 0.6 is 0 Å². The van der Waals surface area contributed by atoms with Crippen LogP contribution in [0.25, 0.3) is 0 Å². The predicted octanol–water partition coefficient (Wildman–Crippen LogP) is 0.824. The smallest absolute Gasteiger partial charge is 0.279 e. The monoisotopic (exact) mass is 263 g/mol. The Hall–Kier alpha value is -0.170. The summed E-state index contributed by atoms with van der Waals surface area (Å²) >= 11 is 0. The quantitative estimate of drug-likeness (QED) is 0.681. The molecule has 0 aromatic heterocycles. The van der Waals surface area contributed by atoms with Gasteiger partial charge in [-0.2, -0.15) is 12.7 Å². The maximum Gasteiger partial charge on any atom is 0.279 e. The summed E-state index contributed by atoms with van der Waals surface area (Å²) in [5, 5.41) is 0. The second kappa shape index (κ2) is 7.31. The van der Waals surface area contributed by atoms with Crippen molar-refractivity contribution in [3.63, 3.8) is 0 Å². The van der Waals surface area contributed by atoms with Gasteiger partial charge in [-0.1, -0.05) is 19.8 Å². The van der Waals surface area contributed by atoms with Crippen LogP contribution < -0.4 is 10.5 Å². The molecule has 0 aliphatic heterocycles. The van der Waals surface area contributed by atoms with Crippen LogP contribution in [0.2, 0.25) is 0 Å². The zero-order valence-electron chi connectivity index (χ0n) is 10.7. The van der Waals surface area contributed by atoms with Crippen LogP contribution in [0.1, 0.15) is 45.4 Å². The Kier molecular flexibility index (Phi) is 6.40. The van der Waals surface area contributed by atoms with Crippen LogP contribution in [-0.4, -0.2) is 38.4 Å². The molecular weight excluding hydrogens is 238 g/mol. The molecule has 0 heterocycles. The minimum Gasteiger partial charge on any atom is -0.330 e. The molecule has 102 valence electrons. The number of hydrogen-bond donors (Lipinski definition) is 2. The molecule has 17 heavy (non-hydrogen) atoms. The van der Waals surface area contributed by atoms with Crippen molar-refractivity contribution in [1.29, 1.82) is 0 Å². The van der Waals surface area contributed by atoms with Crippen molar-refractivity contribution in [2.45, 2.75) is 51.5 Å². The minimum absolute atomic E-state index is 0.177. The maximum absolute atomic E-state index is 12.2. The van der Waals surface area contributed by atoms with Crippen molar-refractivity contribution in [3.05, 3.63) is 0 Å². The van der Waals surface area contributed by atoms with Gasteiger partial charge in [0, 0.05) is 19.1 Å². The molecule has 0 saturated heterocycles. The van der Waals surface area contributed by atoms with Crippen molar-refractivity contribution in [3.8, 4) is 0 Å². The van der Waals surface area contributed by atoms with Crippen molar-refractivity contribution in [1.82, 2.24) is 9.03 Å². The molecule has 0 radical (unpaired) electrons. The Morgan fingerprint density at radius 1 is 1.35 bits per heavy atom. The number of nitrogens with two attached hydrogens (primary N) is 1. The largest absolute Gasteiger partial charge is 0.330 e. The molecule has 3 N–H and O–H groups in total. The van der Waals surface area contributed by atoms with Gasteiger partial charge in [-0.05, 0) is 32.2 Å². The highest BCUT2D eigenvalue weighted by Crippen LogP contribution is 2.25. The van der Waals surface area contributed by atoms with Gasteiger partial charge >= 0.3 is 0 Å². The third kappa shape index (κ3) is 4.54. The summed E-state index contributed by atoms with van der Waals surface area (Å²) in [4.78, 5) is 0. The van der Waals surface area contributed by atoms with E-state index in [1.807, 2.05) is 6.92 Å². The average Bonchev–Trinajstić information content (AvgIpc) is 2.80. The Morgan fingerprint density at radius 3 is 2.53 bits per heavy atom. The third-order valence-corrected chi connectivity index (χ3v) is 4.82. The highest BCUT2D eigenvalue weighted by Gasteiger charge is 2.30. The van der Waals surface area contributed by atoms with Crippen molar-refractivity contribution in [2.75, 3.05) is 19.6 Å². The number of nitrogens with zero attached hydrogens (tertiary/aromatic N) is 1. The molecule has 0 bridgehead atoms. The Balaban J connectivity index is 2.66. The van der Waals surface area contributed by atoms with Gasteiger partial charge in [0.15, 0.2) is 0 Å². The SMILES string of the molecule is CCCNS(=O)(=O)N(CCCN)C1CCCC1. The summed E-state index contributed by atoms with van der Waals surface area (Å²) in [5.41, 5.74) is 5.48. The Morgan fingerprint density at radius 2 is 2.00 bits per heavy atom. The second-order valence-electron chi connectivity index (χ2n) is 4.59. The van der Waals surface area contributed by atoms with Crippen LogP contribution in [0.5, 0.6) is 0 Å². The molecule has 0 aromatic carbocycles. The summed E-state index contributed by atoms with van der Waals surface area (Å²) < 4.78 is 28.6. The highest BCUT2D eigenvalue weighted by atomic mass is 32.2. The fourth-order valence-electron chi connectivity index (χ4n) is 2.25. The standard InChI is InChI=1S/C11H25N3O2S/c1-2-9-13-17(15,16)14(10-5-8-12)11-6-3-4-7-11/h11,13H,2-10,12H2,1H3. The fraction of sp³-hybridized carbons (Fsp3) is 1.00. The molecule has 1 rings (SSSR count). The number of hydrogen-bond acceptors (Lipinski definition) is 3. The van der Waals surface area contributed by atoms with Gasteiger partial charge in [0.25, 0.3) is 10.2 Å². The molecule has 0 amide bonds. The van der Waals surface area contributed by atoms with Crippen LogP contribution in [0.3, 0.4) is 0 Å². The molecule has 1 saturated carbocycles. The summed E-state index contributed by atoms with van der Waals surface area (Å²) in [6, 6.07) is 0.177. The summed E-state index contributed by atoms with van der Waals surface area (Å²) in [5.74, 6) is 0. The minimum atomic E-state index is -3.31. The first kappa shape index (κ1) is 14.9. The molecule has 1 aliphatic carbocycles. The molecule has 1 fully saturated rings. The van der Waals surface area contributed by atoms with Gasteiger partial charge in [-0.3, -0.25) is 0 Å². The van der Waals surface area contributed by atoms with E-state index >= 15 is 0 Å². The normalized spacial score (nSPS) is 18.1. The Labute approximate surface area is 105 Å². The van der Waals surface area contributed by atoms with Gasteiger partial charge in [0.05, 0.1) is 0 Å². The van der Waals surface area contributed by atoms with E-state index < -0.39 is 10.2 Å². The van der Waals surface area contributed by atoms with Crippen LogP contribution in [0.4, 0.5) is 0 Å². The van der Waals surface area contributed by atoms with Gasteiger partial charge in [0.2, 0.25) is 0 Å². The van der Waals surface area contributed by atoms with E-state index in [1.165, 1.54) is 0 Å². The third-order valence-electron chi connectivity index (χ3n) is 3.16. The first-order chi connectivity index (χ1) is 8.11. The molecule has 1 aliphatic rings. The van der Waals surface area contributed by atoms with E-state index in [0.717, 1.165) is 38.5 Å². The van der Waals surface area contributed by atoms with Crippen molar-refractivity contribution >= 4 is 10.2 Å². The van der Waals surface area contributed by atoms with Crippen LogP contribution in [0.15, 0.2) is 0 Å². The second-order valence-corrected chi connectivity index (χ2v) is 6.30. The lowest BCUT2D eigenvalue weighted by atomic mass is 10.2. The number of rotatable bonds is 8. The summed E-state index contributed by atoms with van der Waals surface area (Å²) in [6.07, 6.45) is 5.77. The van der Waals surface area contributed by atoms with Crippen LogP contribution in [-0.2, 0) is 10.2 Å². The first-order valence-corrected chi connectivity index (χ1v) is 8.02. The van der Waals surface area contributed by atoms with Crippen molar-refractivity contribution in [2.24, 2.45) is 5.73 Å². The van der Waals surface area contributed by atoms with Gasteiger partial charge in [-0.25, -0.2) is 4.72 Å². The molecule has 6 heteroatoms. The highest BCUT2D eigenvalue weighted by molar-refractivity contribution is 7.87. The number of nitrogens with one attached hydrogen (secondary N) is 1. The maximum atomic E-state index is 12.2. The predicted molar refractivity (Wildman–Crippen MR) is 69.8 cm³/mol. The van der Waals surface area contributed by atoms with E-state index in [1.54, 1.807) is 4.31 Å². The lowest BCUT2D eigenvalue weighted by molar-refractivity contribution is 0.315. The Bertz CT molecular complexity index is 300. The molecule has 5 nitrogen and oxygen atoms in total. The van der Waals surface area contributed by atoms with Gasteiger partial charge < -0.3 is 5.73 Å². The summed E-state index contributed by atoms with van der Waals surface area (Å²) in [6.45, 7) is 3.54. The lowest BCUT2D eigenvalue weighted by Gasteiger charge is -2.27. The zero-order chi connectivity index (χ0) is 12.7. The van der Waals surface area contributed by atoms with Gasteiger partial charge in [0.1, 0.15) is 0 Å². The molecular formula is C11H25N3O2S. The van der Waals surface area contributed by atoms with E-state index in [0.29, 0.717) is 19.6 Å². The lowest BCUT2D eigenvalue weighted by Crippen LogP contribution is -2.46. The molecule has 0 unspecified atom stereocenters. The topological polar surface area (TPSA) is 75.4 Å². The fourth-order valence-corrected chi connectivity index (χ4v) is 3.85. The van der Waals surface area contributed by atoms with Crippen LogP contribution in [0, 0.1) is 0 Å². The molecule has 0 spiro atoms. The zero-order valence-corrected chi connectivity index (χ0v) is 11.5.